The molecule has 224 valence electrons. The van der Waals surface area contributed by atoms with Gasteiger partial charge in [0.1, 0.15) is 0 Å². The molecular weight excluding hydrogens is 597 g/mol. The Bertz CT molecular complexity index is 1610. The van der Waals surface area contributed by atoms with Gasteiger partial charge < -0.3 is 10.6 Å². The Hall–Kier alpha value is -3.45. The van der Waals surface area contributed by atoms with E-state index in [0.717, 1.165) is 53.4 Å². The number of hydrogen-bond donors (Lipinski definition) is 2. The number of thiazole rings is 1. The predicted octanol–water partition coefficient (Wildman–Crippen LogP) is 6.46. The molecule has 2 N–H and O–H groups in total. The van der Waals surface area contributed by atoms with Gasteiger partial charge in [0.2, 0.25) is 11.8 Å². The van der Waals surface area contributed by atoms with Crippen molar-refractivity contribution < 1.29 is 22.8 Å². The topological polar surface area (TPSA) is 102 Å². The lowest BCUT2D eigenvalue weighted by Crippen LogP contribution is -2.53. The third-order valence-corrected chi connectivity index (χ3v) is 10.8. The van der Waals surface area contributed by atoms with Crippen LogP contribution in [0, 0.1) is 23.2 Å². The van der Waals surface area contributed by atoms with Crippen LogP contribution in [-0.4, -0.2) is 37.3 Å². The second-order valence-corrected chi connectivity index (χ2v) is 14.0. The van der Waals surface area contributed by atoms with E-state index in [4.69, 9.17) is 0 Å². The van der Waals surface area contributed by atoms with Crippen molar-refractivity contribution in [2.75, 3.05) is 11.1 Å². The molecule has 0 atom stereocenters. The lowest BCUT2D eigenvalue weighted by molar-refractivity contribution is -0.146. The molecule has 0 unspecified atom stereocenters. The number of rotatable bonds is 8. The van der Waals surface area contributed by atoms with Gasteiger partial charge in [-0.25, -0.2) is 4.98 Å². The number of benzene rings is 2. The van der Waals surface area contributed by atoms with E-state index in [2.05, 4.69) is 25.8 Å². The quantitative estimate of drug-likeness (QED) is 0.218. The van der Waals surface area contributed by atoms with Crippen molar-refractivity contribution in [2.45, 2.75) is 56.4 Å². The second kappa shape index (κ2) is 10.9. The number of carbonyl (C=O) groups is 2. The van der Waals surface area contributed by atoms with Crippen molar-refractivity contribution in [1.82, 2.24) is 25.1 Å². The summed E-state index contributed by atoms with van der Waals surface area (Å²) >= 11 is 2.47. The first-order valence-corrected chi connectivity index (χ1v) is 16.1. The first kappa shape index (κ1) is 28.3. The Morgan fingerprint density at radius 1 is 0.977 bits per heavy atom. The highest BCUT2D eigenvalue weighted by Crippen LogP contribution is 2.60. The van der Waals surface area contributed by atoms with E-state index in [1.165, 1.54) is 42.7 Å². The smallest absolute Gasteiger partial charge is 0.348 e. The summed E-state index contributed by atoms with van der Waals surface area (Å²) in [5.74, 6) is 1.93. The number of hydrogen-bond acceptors (Lipinski definition) is 7. The number of para-hydroxylation sites is 1. The molecule has 2 aromatic heterocycles. The number of thioether (sulfide) groups is 1. The molecule has 8 rings (SSSR count). The largest absolute Gasteiger partial charge is 0.416 e. The Morgan fingerprint density at radius 2 is 1.65 bits per heavy atom. The molecule has 0 saturated heterocycles. The highest BCUT2D eigenvalue weighted by molar-refractivity contribution is 7.99. The Kier molecular flexibility index (Phi) is 7.19. The van der Waals surface area contributed by atoms with Crippen LogP contribution in [0.5, 0.6) is 0 Å². The van der Waals surface area contributed by atoms with Crippen LogP contribution < -0.4 is 10.6 Å². The monoisotopic (exact) mass is 626 g/mol. The fraction of sp³-hybridized carbons (Fsp3) is 0.433. The van der Waals surface area contributed by atoms with Gasteiger partial charge in [0.05, 0.1) is 28.1 Å². The van der Waals surface area contributed by atoms with Crippen LogP contribution >= 0.6 is 23.1 Å². The lowest BCUT2D eigenvalue weighted by atomic mass is 9.49. The predicted molar refractivity (Wildman–Crippen MR) is 158 cm³/mol. The summed E-state index contributed by atoms with van der Waals surface area (Å²) in [6, 6.07) is 12.3. The zero-order valence-corrected chi connectivity index (χ0v) is 24.7. The minimum Gasteiger partial charge on any atom is -0.348 e. The number of halogens is 3. The van der Waals surface area contributed by atoms with Gasteiger partial charge in [-0.15, -0.1) is 10.2 Å². The summed E-state index contributed by atoms with van der Waals surface area (Å²) in [7, 11) is 0. The van der Waals surface area contributed by atoms with E-state index in [1.54, 1.807) is 4.57 Å². The minimum absolute atomic E-state index is 0.0195. The van der Waals surface area contributed by atoms with Crippen LogP contribution in [0.15, 0.2) is 53.7 Å². The van der Waals surface area contributed by atoms with Crippen molar-refractivity contribution >= 4 is 50.3 Å². The molecule has 4 fully saturated rings. The Morgan fingerprint density at radius 3 is 2.30 bits per heavy atom. The van der Waals surface area contributed by atoms with Crippen LogP contribution in [0.3, 0.4) is 0 Å². The van der Waals surface area contributed by atoms with Crippen molar-refractivity contribution in [3.8, 4) is 5.69 Å². The summed E-state index contributed by atoms with van der Waals surface area (Å²) in [6.07, 6.45) is 1.95. The lowest BCUT2D eigenvalue weighted by Gasteiger charge is -2.55. The van der Waals surface area contributed by atoms with Gasteiger partial charge in [-0.3, -0.25) is 14.2 Å². The fourth-order valence-electron chi connectivity index (χ4n) is 7.51. The number of carbonyl (C=O) groups excluding carboxylic acids is 2. The van der Waals surface area contributed by atoms with E-state index in [-0.39, 0.29) is 29.5 Å². The first-order valence-electron chi connectivity index (χ1n) is 14.3. The molecule has 4 saturated carbocycles. The number of alkyl halides is 3. The Balaban J connectivity index is 1.09. The molecule has 0 spiro atoms. The van der Waals surface area contributed by atoms with E-state index < -0.39 is 11.7 Å². The summed E-state index contributed by atoms with van der Waals surface area (Å²) in [6.45, 7) is 0.0765. The standard InChI is InChI=1S/C30H29F3N6O2S2/c31-30(32,33)20-5-7-21(8-6-20)39-24(15-34-26(41)29-12-17-9-18(13-29)11-19(10-17)14-29)37-38-28(39)42-16-25(40)36-27-35-22-3-1-2-4-23(22)43-27/h1-8,17-19H,9-16H2,(H,34,41)(H,35,36,40). The highest BCUT2D eigenvalue weighted by Gasteiger charge is 2.54. The molecule has 43 heavy (non-hydrogen) atoms. The SMILES string of the molecule is O=C(CSc1nnc(CNC(=O)C23CC4CC(CC(C4)C2)C3)n1-c1ccc(C(F)(F)F)cc1)Nc1nc2ccccc2s1. The molecule has 4 aromatic rings. The van der Waals surface area contributed by atoms with Gasteiger partial charge in [0.15, 0.2) is 16.1 Å². The van der Waals surface area contributed by atoms with Crippen molar-refractivity contribution in [3.63, 3.8) is 0 Å². The maximum atomic E-state index is 13.6. The molecule has 8 nitrogen and oxygen atoms in total. The van der Waals surface area contributed by atoms with E-state index >= 15 is 0 Å². The number of nitrogens with one attached hydrogen (secondary N) is 2. The van der Waals surface area contributed by atoms with Crippen molar-refractivity contribution in [2.24, 2.45) is 23.2 Å². The second-order valence-electron chi connectivity index (χ2n) is 12.0. The molecule has 2 heterocycles. The molecule has 4 bridgehead atoms. The number of anilines is 1. The Labute approximate surface area is 253 Å². The number of aromatic nitrogens is 4. The number of fused-ring (bicyclic) bond motifs is 1. The molecule has 4 aliphatic rings. The van der Waals surface area contributed by atoms with Crippen LogP contribution in [0.4, 0.5) is 18.3 Å². The highest BCUT2D eigenvalue weighted by atomic mass is 32.2. The normalized spacial score (nSPS) is 24.4. The average Bonchev–Trinajstić information content (AvgIpc) is 3.57. The molecule has 2 aromatic carbocycles. The molecule has 4 aliphatic carbocycles. The average molecular weight is 627 g/mol. The fourth-order valence-corrected chi connectivity index (χ4v) is 9.17. The summed E-state index contributed by atoms with van der Waals surface area (Å²) in [5, 5.41) is 15.2. The summed E-state index contributed by atoms with van der Waals surface area (Å²) in [5.41, 5.74) is 0.0823. The zero-order chi connectivity index (χ0) is 29.8. The van der Waals surface area contributed by atoms with Crippen LogP contribution in [0.2, 0.25) is 0 Å². The number of nitrogens with zero attached hydrogens (tertiary/aromatic N) is 4. The summed E-state index contributed by atoms with van der Waals surface area (Å²) < 4.78 is 42.4. The van der Waals surface area contributed by atoms with Gasteiger partial charge in [0, 0.05) is 11.1 Å². The maximum absolute atomic E-state index is 13.6. The van der Waals surface area contributed by atoms with Crippen LogP contribution in [0.25, 0.3) is 15.9 Å². The number of amides is 2. The van der Waals surface area contributed by atoms with Gasteiger partial charge >= 0.3 is 6.18 Å². The van der Waals surface area contributed by atoms with Gasteiger partial charge in [0.25, 0.3) is 0 Å². The van der Waals surface area contributed by atoms with Crippen molar-refractivity contribution in [1.29, 1.82) is 0 Å². The first-order chi connectivity index (χ1) is 20.6. The zero-order valence-electron chi connectivity index (χ0n) is 23.1. The van der Waals surface area contributed by atoms with Gasteiger partial charge in [-0.2, -0.15) is 13.2 Å². The van der Waals surface area contributed by atoms with E-state index in [9.17, 15) is 22.8 Å². The molecule has 0 aliphatic heterocycles. The third kappa shape index (κ3) is 5.64. The van der Waals surface area contributed by atoms with Gasteiger partial charge in [-0.05, 0) is 92.7 Å². The molecular formula is C30H29F3N6O2S2. The maximum Gasteiger partial charge on any atom is 0.416 e. The minimum atomic E-state index is -4.48. The van der Waals surface area contributed by atoms with Crippen LogP contribution in [-0.2, 0) is 22.3 Å². The molecule has 2 amide bonds. The molecule has 0 radical (unpaired) electrons. The molecule has 13 heteroatoms. The van der Waals surface area contributed by atoms with E-state index in [0.29, 0.717) is 39.6 Å². The third-order valence-electron chi connectivity index (χ3n) is 8.95. The summed E-state index contributed by atoms with van der Waals surface area (Å²) in [4.78, 5) is 30.8. The van der Waals surface area contributed by atoms with Crippen molar-refractivity contribution in [3.05, 3.63) is 59.9 Å². The van der Waals surface area contributed by atoms with Gasteiger partial charge in [-0.1, -0.05) is 35.2 Å². The van der Waals surface area contributed by atoms with Crippen LogP contribution in [0.1, 0.15) is 49.9 Å². The van der Waals surface area contributed by atoms with E-state index in [1.807, 2.05) is 24.3 Å².